The Hall–Kier alpha value is -1.42. The summed E-state index contributed by atoms with van der Waals surface area (Å²) >= 11 is 1.39. The molecule has 1 amide bonds. The van der Waals surface area contributed by atoms with Crippen molar-refractivity contribution in [3.05, 3.63) is 17.0 Å². The van der Waals surface area contributed by atoms with Crippen LogP contribution in [0.3, 0.4) is 0 Å². The molecule has 102 valence electrons. The number of likely N-dealkylation sites (N-methyl/N-ethyl adjacent to an activating group) is 1. The summed E-state index contributed by atoms with van der Waals surface area (Å²) in [6.45, 7) is 7.52. The van der Waals surface area contributed by atoms with Crippen LogP contribution in [0.25, 0.3) is 0 Å². The Labute approximate surface area is 117 Å². The number of carbonyl (C=O) groups excluding carboxylic acids is 1. The smallest absolute Gasteiger partial charge is 0.239 e. The summed E-state index contributed by atoms with van der Waals surface area (Å²) in [5, 5.41) is 14.2. The molecule has 2 heterocycles. The number of nitriles is 1. The fourth-order valence-corrected chi connectivity index (χ4v) is 2.88. The maximum Gasteiger partial charge on any atom is 0.239 e. The van der Waals surface area contributed by atoms with Crippen molar-refractivity contribution in [2.45, 2.75) is 6.92 Å². The van der Waals surface area contributed by atoms with Crippen LogP contribution in [0.4, 0.5) is 5.00 Å². The molecule has 1 fully saturated rings. The zero-order valence-corrected chi connectivity index (χ0v) is 11.9. The first-order chi connectivity index (χ1) is 9.22. The molecule has 5 nitrogen and oxygen atoms in total. The molecule has 1 aromatic rings. The summed E-state index contributed by atoms with van der Waals surface area (Å²) in [6.07, 6.45) is 0. The zero-order valence-electron chi connectivity index (χ0n) is 11.1. The lowest BCUT2D eigenvalue weighted by atomic mass is 10.3. The van der Waals surface area contributed by atoms with Gasteiger partial charge in [-0.3, -0.25) is 9.69 Å². The van der Waals surface area contributed by atoms with Gasteiger partial charge in [-0.1, -0.05) is 6.92 Å². The van der Waals surface area contributed by atoms with Crippen molar-refractivity contribution >= 4 is 22.2 Å². The highest BCUT2D eigenvalue weighted by Crippen LogP contribution is 2.21. The number of hydrogen-bond acceptors (Lipinski definition) is 5. The van der Waals surface area contributed by atoms with E-state index in [1.807, 2.05) is 5.38 Å². The molecule has 0 atom stereocenters. The first-order valence-electron chi connectivity index (χ1n) is 6.45. The van der Waals surface area contributed by atoms with Crippen molar-refractivity contribution in [3.8, 4) is 6.07 Å². The standard InChI is InChI=1S/C13H18N4OS/c1-2-16-4-6-17(7-5-16)10-12(18)15-13-11(9-14)3-8-19-13/h3,8H,2,4-7,10H2,1H3,(H,15,18). The average Bonchev–Trinajstić information content (AvgIpc) is 2.86. The van der Waals surface area contributed by atoms with Gasteiger partial charge in [0.15, 0.2) is 0 Å². The van der Waals surface area contributed by atoms with Crippen molar-refractivity contribution in [1.29, 1.82) is 5.26 Å². The predicted octanol–water partition coefficient (Wildman–Crippen LogP) is 1.20. The predicted molar refractivity (Wildman–Crippen MR) is 76.2 cm³/mol. The molecule has 6 heteroatoms. The Morgan fingerprint density at radius 3 is 2.74 bits per heavy atom. The van der Waals surface area contributed by atoms with E-state index >= 15 is 0 Å². The normalized spacial score (nSPS) is 17.1. The lowest BCUT2D eigenvalue weighted by Gasteiger charge is -2.33. The van der Waals surface area contributed by atoms with Gasteiger partial charge in [0.05, 0.1) is 12.1 Å². The largest absolute Gasteiger partial charge is 0.315 e. The minimum absolute atomic E-state index is 0.0381. The van der Waals surface area contributed by atoms with Crippen LogP contribution in [-0.2, 0) is 4.79 Å². The molecule has 1 N–H and O–H groups in total. The van der Waals surface area contributed by atoms with E-state index in [0.29, 0.717) is 17.1 Å². The molecule has 19 heavy (non-hydrogen) atoms. The van der Waals surface area contributed by atoms with E-state index in [0.717, 1.165) is 32.7 Å². The van der Waals surface area contributed by atoms with Gasteiger partial charge < -0.3 is 10.2 Å². The quantitative estimate of drug-likeness (QED) is 0.899. The maximum atomic E-state index is 11.9. The number of anilines is 1. The molecule has 1 saturated heterocycles. The number of carbonyl (C=O) groups is 1. The second kappa shape index (κ2) is 6.66. The minimum atomic E-state index is -0.0381. The molecule has 0 unspecified atom stereocenters. The lowest BCUT2D eigenvalue weighted by molar-refractivity contribution is -0.117. The SMILES string of the molecule is CCN1CCN(CC(=O)Nc2sccc2C#N)CC1. The molecule has 0 aromatic carbocycles. The summed E-state index contributed by atoms with van der Waals surface area (Å²) in [5.74, 6) is -0.0381. The van der Waals surface area contributed by atoms with Crippen LogP contribution in [0.2, 0.25) is 0 Å². The van der Waals surface area contributed by atoms with Gasteiger partial charge in [-0.15, -0.1) is 11.3 Å². The van der Waals surface area contributed by atoms with E-state index in [2.05, 4.69) is 28.1 Å². The summed E-state index contributed by atoms with van der Waals surface area (Å²) in [5.41, 5.74) is 0.536. The molecule has 0 bridgehead atoms. The Morgan fingerprint density at radius 2 is 2.11 bits per heavy atom. The first kappa shape index (κ1) is 14.0. The first-order valence-corrected chi connectivity index (χ1v) is 7.33. The number of nitrogens with one attached hydrogen (secondary N) is 1. The molecular weight excluding hydrogens is 260 g/mol. The van der Waals surface area contributed by atoms with Gasteiger partial charge >= 0.3 is 0 Å². The van der Waals surface area contributed by atoms with Gasteiger partial charge in [0, 0.05) is 26.2 Å². The topological polar surface area (TPSA) is 59.4 Å². The number of thiophene rings is 1. The monoisotopic (exact) mass is 278 g/mol. The molecule has 2 rings (SSSR count). The van der Waals surface area contributed by atoms with Gasteiger partial charge in [0.1, 0.15) is 11.1 Å². The van der Waals surface area contributed by atoms with Gasteiger partial charge in [-0.2, -0.15) is 5.26 Å². The highest BCUT2D eigenvalue weighted by Gasteiger charge is 2.18. The maximum absolute atomic E-state index is 11.9. The third-order valence-corrected chi connectivity index (χ3v) is 4.15. The summed E-state index contributed by atoms with van der Waals surface area (Å²) in [4.78, 5) is 16.5. The van der Waals surface area contributed by atoms with Gasteiger partial charge in [-0.05, 0) is 18.0 Å². The molecule has 1 aromatic heterocycles. The van der Waals surface area contributed by atoms with E-state index in [1.165, 1.54) is 11.3 Å². The number of rotatable bonds is 4. The number of piperazine rings is 1. The van der Waals surface area contributed by atoms with Crippen molar-refractivity contribution < 1.29 is 4.79 Å². The third-order valence-electron chi connectivity index (χ3n) is 3.32. The highest BCUT2D eigenvalue weighted by atomic mass is 32.1. The van der Waals surface area contributed by atoms with Crippen molar-refractivity contribution in [2.24, 2.45) is 0 Å². The van der Waals surface area contributed by atoms with Gasteiger partial charge in [0.2, 0.25) is 5.91 Å². The van der Waals surface area contributed by atoms with Crippen LogP contribution in [0, 0.1) is 11.3 Å². The average molecular weight is 278 g/mol. The lowest BCUT2D eigenvalue weighted by Crippen LogP contribution is -2.48. The second-order valence-corrected chi connectivity index (χ2v) is 5.45. The van der Waals surface area contributed by atoms with E-state index in [9.17, 15) is 4.79 Å². The van der Waals surface area contributed by atoms with Gasteiger partial charge in [0.25, 0.3) is 0 Å². The zero-order chi connectivity index (χ0) is 13.7. The van der Waals surface area contributed by atoms with Crippen LogP contribution in [-0.4, -0.2) is 55.0 Å². The van der Waals surface area contributed by atoms with E-state index < -0.39 is 0 Å². The number of nitrogens with zero attached hydrogens (tertiary/aromatic N) is 3. The van der Waals surface area contributed by atoms with Crippen LogP contribution in [0.15, 0.2) is 11.4 Å². The molecule has 0 saturated carbocycles. The Balaban J connectivity index is 1.81. The van der Waals surface area contributed by atoms with Crippen LogP contribution >= 0.6 is 11.3 Å². The summed E-state index contributed by atoms with van der Waals surface area (Å²) in [7, 11) is 0. The Bertz CT molecular complexity index is 471. The van der Waals surface area contributed by atoms with Crippen molar-refractivity contribution in [3.63, 3.8) is 0 Å². The fourth-order valence-electron chi connectivity index (χ4n) is 2.13. The van der Waals surface area contributed by atoms with Gasteiger partial charge in [-0.25, -0.2) is 0 Å². The molecule has 0 aliphatic carbocycles. The highest BCUT2D eigenvalue weighted by molar-refractivity contribution is 7.14. The van der Waals surface area contributed by atoms with Crippen molar-refractivity contribution in [1.82, 2.24) is 9.80 Å². The van der Waals surface area contributed by atoms with Crippen LogP contribution in [0.5, 0.6) is 0 Å². The molecule has 1 aliphatic rings. The molecule has 1 aliphatic heterocycles. The minimum Gasteiger partial charge on any atom is -0.315 e. The molecule has 0 spiro atoms. The molecule has 0 radical (unpaired) electrons. The summed E-state index contributed by atoms with van der Waals surface area (Å²) in [6, 6.07) is 3.80. The molecular formula is C13H18N4OS. The number of hydrogen-bond donors (Lipinski definition) is 1. The van der Waals surface area contributed by atoms with E-state index in [-0.39, 0.29) is 5.91 Å². The van der Waals surface area contributed by atoms with E-state index in [4.69, 9.17) is 5.26 Å². The second-order valence-electron chi connectivity index (χ2n) is 4.53. The van der Waals surface area contributed by atoms with Crippen molar-refractivity contribution in [2.75, 3.05) is 44.6 Å². The summed E-state index contributed by atoms with van der Waals surface area (Å²) < 4.78 is 0. The third kappa shape index (κ3) is 3.77. The number of amides is 1. The van der Waals surface area contributed by atoms with Crippen LogP contribution < -0.4 is 5.32 Å². The fraction of sp³-hybridized carbons (Fsp3) is 0.538. The van der Waals surface area contributed by atoms with E-state index in [1.54, 1.807) is 6.07 Å². The Morgan fingerprint density at radius 1 is 1.42 bits per heavy atom. The Kier molecular flexibility index (Phi) is 4.91. The van der Waals surface area contributed by atoms with Crippen LogP contribution in [0.1, 0.15) is 12.5 Å².